The zero-order valence-corrected chi connectivity index (χ0v) is 18.5. The van der Waals surface area contributed by atoms with Gasteiger partial charge in [0.2, 0.25) is 5.91 Å². The molecular formula is C25H30N2O5. The molecule has 0 saturated carbocycles. The third kappa shape index (κ3) is 5.46. The molecular weight excluding hydrogens is 408 g/mol. The van der Waals surface area contributed by atoms with Gasteiger partial charge in [-0.05, 0) is 42.0 Å². The van der Waals surface area contributed by atoms with E-state index in [9.17, 15) is 14.4 Å². The standard InChI is InChI=1S/C25H30N2O5/c1-3-17(13-14-23(28)27(4-2)15-24(29)30)26-25(31)32-16-22-20-11-7-5-9-18(20)19-10-6-8-12-21(19)22/h5-12,17,22H,3-4,13-16H2,1-2H3,(H,26,31)(H,29,30). The van der Waals surface area contributed by atoms with E-state index >= 15 is 0 Å². The van der Waals surface area contributed by atoms with Crippen molar-refractivity contribution in [1.29, 1.82) is 0 Å². The molecule has 0 aliphatic heterocycles. The van der Waals surface area contributed by atoms with Gasteiger partial charge in [0.15, 0.2) is 0 Å². The lowest BCUT2D eigenvalue weighted by molar-refractivity contribution is -0.144. The lowest BCUT2D eigenvalue weighted by atomic mass is 9.98. The highest BCUT2D eigenvalue weighted by atomic mass is 16.5. The van der Waals surface area contributed by atoms with Crippen LogP contribution in [0, 0.1) is 0 Å². The molecule has 0 spiro atoms. The monoisotopic (exact) mass is 438 g/mol. The number of benzene rings is 2. The number of hydrogen-bond donors (Lipinski definition) is 2. The van der Waals surface area contributed by atoms with E-state index in [0.717, 1.165) is 11.1 Å². The fourth-order valence-electron chi connectivity index (χ4n) is 4.18. The SMILES string of the molecule is CCC(CCC(=O)N(CC)CC(=O)O)NC(=O)OCC1c2ccccc2-c2ccccc21. The van der Waals surface area contributed by atoms with Crippen LogP contribution in [0.25, 0.3) is 11.1 Å². The Morgan fingerprint density at radius 2 is 1.62 bits per heavy atom. The van der Waals surface area contributed by atoms with Gasteiger partial charge in [-0.25, -0.2) is 4.79 Å². The summed E-state index contributed by atoms with van der Waals surface area (Å²) in [6, 6.07) is 16.1. The molecule has 1 unspecified atom stereocenters. The second-order valence-corrected chi connectivity index (χ2v) is 7.92. The van der Waals surface area contributed by atoms with Crippen LogP contribution in [0.5, 0.6) is 0 Å². The molecule has 1 aliphatic carbocycles. The molecule has 0 heterocycles. The highest BCUT2D eigenvalue weighted by Crippen LogP contribution is 2.44. The van der Waals surface area contributed by atoms with E-state index in [0.29, 0.717) is 19.4 Å². The van der Waals surface area contributed by atoms with Crippen LogP contribution >= 0.6 is 0 Å². The van der Waals surface area contributed by atoms with E-state index in [-0.39, 0.29) is 37.4 Å². The van der Waals surface area contributed by atoms with Crippen molar-refractivity contribution < 1.29 is 24.2 Å². The lowest BCUT2D eigenvalue weighted by Crippen LogP contribution is -2.38. The van der Waals surface area contributed by atoms with Crippen molar-refractivity contribution in [2.75, 3.05) is 19.7 Å². The molecule has 1 aliphatic rings. The normalized spacial score (nSPS) is 13.1. The Morgan fingerprint density at radius 3 is 2.16 bits per heavy atom. The predicted molar refractivity (Wildman–Crippen MR) is 121 cm³/mol. The fraction of sp³-hybridized carbons (Fsp3) is 0.400. The van der Waals surface area contributed by atoms with Crippen molar-refractivity contribution in [3.05, 3.63) is 59.7 Å². The van der Waals surface area contributed by atoms with Crippen LogP contribution < -0.4 is 5.32 Å². The summed E-state index contributed by atoms with van der Waals surface area (Å²) in [5, 5.41) is 11.8. The molecule has 7 heteroatoms. The smallest absolute Gasteiger partial charge is 0.407 e. The largest absolute Gasteiger partial charge is 0.480 e. The Morgan fingerprint density at radius 1 is 1.03 bits per heavy atom. The summed E-state index contributed by atoms with van der Waals surface area (Å²) in [6.07, 6.45) is 0.727. The average Bonchev–Trinajstić information content (AvgIpc) is 3.12. The van der Waals surface area contributed by atoms with Crippen LogP contribution in [0.15, 0.2) is 48.5 Å². The minimum atomic E-state index is -1.04. The molecule has 1 atom stereocenters. The maximum atomic E-state index is 12.5. The molecule has 2 amide bonds. The number of carboxylic acid groups (broad SMARTS) is 1. The van der Waals surface area contributed by atoms with Gasteiger partial charge in [0.05, 0.1) is 0 Å². The molecule has 170 valence electrons. The van der Waals surface area contributed by atoms with Gasteiger partial charge in [-0.2, -0.15) is 0 Å². The molecule has 2 aromatic carbocycles. The van der Waals surface area contributed by atoms with Crippen molar-refractivity contribution in [2.45, 2.75) is 45.1 Å². The average molecular weight is 439 g/mol. The number of alkyl carbamates (subject to hydrolysis) is 1. The first-order valence-corrected chi connectivity index (χ1v) is 11.1. The number of fused-ring (bicyclic) bond motifs is 3. The highest BCUT2D eigenvalue weighted by Gasteiger charge is 2.29. The number of nitrogens with one attached hydrogen (secondary N) is 1. The Hall–Kier alpha value is -3.35. The molecule has 0 bridgehead atoms. The predicted octanol–water partition coefficient (Wildman–Crippen LogP) is 4.02. The highest BCUT2D eigenvalue weighted by molar-refractivity contribution is 5.81. The molecule has 2 N–H and O–H groups in total. The maximum Gasteiger partial charge on any atom is 0.407 e. The number of carbonyl (C=O) groups is 3. The number of carboxylic acids is 1. The fourth-order valence-corrected chi connectivity index (χ4v) is 4.18. The Labute approximate surface area is 188 Å². The summed E-state index contributed by atoms with van der Waals surface area (Å²) in [4.78, 5) is 36.9. The van der Waals surface area contributed by atoms with Crippen molar-refractivity contribution in [3.63, 3.8) is 0 Å². The number of carbonyl (C=O) groups excluding carboxylic acids is 2. The zero-order chi connectivity index (χ0) is 23.1. The quantitative estimate of drug-likeness (QED) is 0.584. The molecule has 0 aromatic heterocycles. The van der Waals surface area contributed by atoms with Gasteiger partial charge >= 0.3 is 12.1 Å². The topological polar surface area (TPSA) is 95.9 Å². The number of likely N-dealkylation sites (N-methyl/N-ethyl adjacent to an activating group) is 1. The van der Waals surface area contributed by atoms with Gasteiger partial charge in [0.25, 0.3) is 0 Å². The third-order valence-electron chi connectivity index (χ3n) is 5.93. The summed E-state index contributed by atoms with van der Waals surface area (Å²) in [5.41, 5.74) is 4.64. The minimum Gasteiger partial charge on any atom is -0.480 e. The van der Waals surface area contributed by atoms with E-state index in [2.05, 4.69) is 29.6 Å². The summed E-state index contributed by atoms with van der Waals surface area (Å²) in [6.45, 7) is 3.92. The molecule has 32 heavy (non-hydrogen) atoms. The number of amides is 2. The van der Waals surface area contributed by atoms with Crippen LogP contribution in [0.1, 0.15) is 50.2 Å². The number of nitrogens with zero attached hydrogens (tertiary/aromatic N) is 1. The summed E-state index contributed by atoms with van der Waals surface area (Å²) >= 11 is 0. The molecule has 2 aromatic rings. The number of rotatable bonds is 10. The second kappa shape index (κ2) is 10.8. The minimum absolute atomic E-state index is 0.0102. The van der Waals surface area contributed by atoms with Gasteiger partial charge in [0, 0.05) is 24.9 Å². The Kier molecular flexibility index (Phi) is 7.87. The van der Waals surface area contributed by atoms with Gasteiger partial charge in [-0.3, -0.25) is 9.59 Å². The van der Waals surface area contributed by atoms with E-state index in [1.54, 1.807) is 6.92 Å². The van der Waals surface area contributed by atoms with Gasteiger partial charge in [0.1, 0.15) is 13.2 Å². The molecule has 3 rings (SSSR count). The van der Waals surface area contributed by atoms with Crippen molar-refractivity contribution in [3.8, 4) is 11.1 Å². The summed E-state index contributed by atoms with van der Waals surface area (Å²) in [5.74, 6) is -1.28. The van der Waals surface area contributed by atoms with Crippen LogP contribution in [-0.4, -0.2) is 53.7 Å². The van der Waals surface area contributed by atoms with Crippen molar-refractivity contribution in [1.82, 2.24) is 10.2 Å². The van der Waals surface area contributed by atoms with E-state index in [4.69, 9.17) is 9.84 Å². The first kappa shape index (κ1) is 23.3. The van der Waals surface area contributed by atoms with Crippen molar-refractivity contribution in [2.24, 2.45) is 0 Å². The van der Waals surface area contributed by atoms with Crippen LogP contribution in [0.3, 0.4) is 0 Å². The number of ether oxygens (including phenoxy) is 1. The van der Waals surface area contributed by atoms with Crippen LogP contribution in [0.4, 0.5) is 4.79 Å². The van der Waals surface area contributed by atoms with Gasteiger partial charge < -0.3 is 20.1 Å². The first-order chi connectivity index (χ1) is 15.4. The number of aliphatic carboxylic acids is 1. The zero-order valence-electron chi connectivity index (χ0n) is 18.5. The van der Waals surface area contributed by atoms with E-state index in [1.807, 2.05) is 31.2 Å². The summed E-state index contributed by atoms with van der Waals surface area (Å²) in [7, 11) is 0. The van der Waals surface area contributed by atoms with E-state index in [1.165, 1.54) is 16.0 Å². The van der Waals surface area contributed by atoms with Crippen LogP contribution in [0.2, 0.25) is 0 Å². The summed E-state index contributed by atoms with van der Waals surface area (Å²) < 4.78 is 5.58. The van der Waals surface area contributed by atoms with Gasteiger partial charge in [-0.15, -0.1) is 0 Å². The molecule has 0 saturated heterocycles. The maximum absolute atomic E-state index is 12.5. The number of hydrogen-bond acceptors (Lipinski definition) is 4. The van der Waals surface area contributed by atoms with Gasteiger partial charge in [-0.1, -0.05) is 55.5 Å². The molecule has 0 fully saturated rings. The Balaban J connectivity index is 1.54. The Bertz CT molecular complexity index is 929. The van der Waals surface area contributed by atoms with E-state index < -0.39 is 12.1 Å². The van der Waals surface area contributed by atoms with Crippen molar-refractivity contribution >= 4 is 18.0 Å². The molecule has 0 radical (unpaired) electrons. The molecule has 7 nitrogen and oxygen atoms in total. The van der Waals surface area contributed by atoms with Crippen LogP contribution in [-0.2, 0) is 14.3 Å². The lowest BCUT2D eigenvalue weighted by Gasteiger charge is -2.21. The first-order valence-electron chi connectivity index (χ1n) is 11.1. The second-order valence-electron chi connectivity index (χ2n) is 7.92. The third-order valence-corrected chi connectivity index (χ3v) is 5.93.